The SMILES string of the molecule is CC(=O)c1cccc(F)c1N(C)CC(C)(C)C. The number of Topliss-reactive ketones (excluding diaryl/α,β-unsaturated/α-hetero) is 1. The first-order valence-corrected chi connectivity index (χ1v) is 5.73. The van der Waals surface area contributed by atoms with Gasteiger partial charge >= 0.3 is 0 Å². The molecule has 94 valence electrons. The summed E-state index contributed by atoms with van der Waals surface area (Å²) in [6.07, 6.45) is 0. The molecule has 1 rings (SSSR count). The van der Waals surface area contributed by atoms with Gasteiger partial charge in [0.25, 0.3) is 0 Å². The third kappa shape index (κ3) is 3.55. The van der Waals surface area contributed by atoms with E-state index >= 15 is 0 Å². The smallest absolute Gasteiger partial charge is 0.161 e. The highest BCUT2D eigenvalue weighted by molar-refractivity contribution is 5.99. The van der Waals surface area contributed by atoms with Crippen LogP contribution in [0.4, 0.5) is 10.1 Å². The van der Waals surface area contributed by atoms with E-state index in [1.807, 2.05) is 11.9 Å². The number of benzene rings is 1. The lowest BCUT2D eigenvalue weighted by Gasteiger charge is -2.29. The van der Waals surface area contributed by atoms with Crippen LogP contribution in [0.3, 0.4) is 0 Å². The Morgan fingerprint density at radius 1 is 1.35 bits per heavy atom. The summed E-state index contributed by atoms with van der Waals surface area (Å²) in [6.45, 7) is 8.39. The van der Waals surface area contributed by atoms with Crippen molar-refractivity contribution >= 4 is 11.5 Å². The summed E-state index contributed by atoms with van der Waals surface area (Å²) in [6, 6.07) is 4.63. The zero-order valence-electron chi connectivity index (χ0n) is 11.2. The molecule has 0 aromatic heterocycles. The average molecular weight is 237 g/mol. The van der Waals surface area contributed by atoms with E-state index in [0.717, 1.165) is 0 Å². The molecular weight excluding hydrogens is 217 g/mol. The van der Waals surface area contributed by atoms with Gasteiger partial charge < -0.3 is 4.90 Å². The second-order valence-corrected chi connectivity index (χ2v) is 5.61. The Hall–Kier alpha value is -1.38. The lowest BCUT2D eigenvalue weighted by Crippen LogP contribution is -2.30. The molecule has 0 heterocycles. The Morgan fingerprint density at radius 2 is 1.94 bits per heavy atom. The molecule has 0 saturated heterocycles. The number of carbonyl (C=O) groups is 1. The Bertz CT molecular complexity index is 421. The highest BCUT2D eigenvalue weighted by atomic mass is 19.1. The molecule has 0 spiro atoms. The van der Waals surface area contributed by atoms with Gasteiger partial charge in [0, 0.05) is 19.2 Å². The largest absolute Gasteiger partial charge is 0.371 e. The highest BCUT2D eigenvalue weighted by Crippen LogP contribution is 2.27. The number of carbonyl (C=O) groups excluding carboxylic acids is 1. The fraction of sp³-hybridized carbons (Fsp3) is 0.500. The average Bonchev–Trinajstić information content (AvgIpc) is 2.13. The molecule has 0 aliphatic rings. The van der Waals surface area contributed by atoms with E-state index in [-0.39, 0.29) is 17.0 Å². The molecular formula is C14H20FNO. The fourth-order valence-electron chi connectivity index (χ4n) is 1.98. The summed E-state index contributed by atoms with van der Waals surface area (Å²) in [4.78, 5) is 13.3. The van der Waals surface area contributed by atoms with Crippen LogP contribution in [0.15, 0.2) is 18.2 Å². The van der Waals surface area contributed by atoms with Crippen molar-refractivity contribution in [3.05, 3.63) is 29.6 Å². The van der Waals surface area contributed by atoms with Crippen molar-refractivity contribution < 1.29 is 9.18 Å². The standard InChI is InChI=1S/C14H20FNO/c1-10(17)11-7-6-8-12(15)13(11)16(5)9-14(2,3)4/h6-8H,9H2,1-5H3. The number of anilines is 1. The van der Waals surface area contributed by atoms with Crippen molar-refractivity contribution in [1.82, 2.24) is 0 Å². The van der Waals surface area contributed by atoms with E-state index in [1.165, 1.54) is 13.0 Å². The summed E-state index contributed by atoms with van der Waals surface area (Å²) in [5.74, 6) is -0.454. The molecule has 0 amide bonds. The van der Waals surface area contributed by atoms with Gasteiger partial charge in [-0.25, -0.2) is 4.39 Å². The first-order chi connectivity index (χ1) is 7.72. The first-order valence-electron chi connectivity index (χ1n) is 5.73. The predicted octanol–water partition coefficient (Wildman–Crippen LogP) is 3.51. The molecule has 17 heavy (non-hydrogen) atoms. The Morgan fingerprint density at radius 3 is 2.41 bits per heavy atom. The molecule has 1 aromatic carbocycles. The van der Waals surface area contributed by atoms with Crippen LogP contribution in [-0.2, 0) is 0 Å². The topological polar surface area (TPSA) is 20.3 Å². The van der Waals surface area contributed by atoms with Crippen molar-refractivity contribution in [2.75, 3.05) is 18.5 Å². The van der Waals surface area contributed by atoms with E-state index in [1.54, 1.807) is 12.1 Å². The number of nitrogens with zero attached hydrogens (tertiary/aromatic N) is 1. The maximum atomic E-state index is 13.8. The van der Waals surface area contributed by atoms with Crippen molar-refractivity contribution in [3.63, 3.8) is 0 Å². The van der Waals surface area contributed by atoms with Crippen molar-refractivity contribution in [2.45, 2.75) is 27.7 Å². The molecule has 0 aliphatic carbocycles. The van der Waals surface area contributed by atoms with Crippen LogP contribution >= 0.6 is 0 Å². The monoisotopic (exact) mass is 237 g/mol. The van der Waals surface area contributed by atoms with E-state index in [2.05, 4.69) is 20.8 Å². The minimum absolute atomic E-state index is 0.0467. The minimum Gasteiger partial charge on any atom is -0.371 e. The molecule has 0 radical (unpaired) electrons. The van der Waals surface area contributed by atoms with Gasteiger partial charge in [-0.15, -0.1) is 0 Å². The van der Waals surface area contributed by atoms with Crippen LogP contribution in [0, 0.1) is 11.2 Å². The van der Waals surface area contributed by atoms with Gasteiger partial charge in [-0.1, -0.05) is 26.8 Å². The van der Waals surface area contributed by atoms with Crippen molar-refractivity contribution in [2.24, 2.45) is 5.41 Å². The minimum atomic E-state index is -0.343. The molecule has 1 aromatic rings. The van der Waals surface area contributed by atoms with Crippen LogP contribution in [0.5, 0.6) is 0 Å². The van der Waals surface area contributed by atoms with Gasteiger partial charge in [-0.05, 0) is 24.5 Å². The van der Waals surface area contributed by atoms with Gasteiger partial charge in [0.2, 0.25) is 0 Å². The molecule has 0 N–H and O–H groups in total. The molecule has 2 nitrogen and oxygen atoms in total. The first kappa shape index (κ1) is 13.7. The maximum Gasteiger partial charge on any atom is 0.161 e. The summed E-state index contributed by atoms with van der Waals surface area (Å²) in [7, 11) is 1.82. The Labute approximate surface area is 102 Å². The van der Waals surface area contributed by atoms with Crippen LogP contribution in [-0.4, -0.2) is 19.4 Å². The Balaban J connectivity index is 3.16. The zero-order valence-corrected chi connectivity index (χ0v) is 11.2. The summed E-state index contributed by atoms with van der Waals surface area (Å²) in [5, 5.41) is 0. The quantitative estimate of drug-likeness (QED) is 0.750. The van der Waals surface area contributed by atoms with E-state index in [4.69, 9.17) is 0 Å². The molecule has 0 saturated carbocycles. The molecule has 0 bridgehead atoms. The van der Waals surface area contributed by atoms with Crippen LogP contribution < -0.4 is 4.90 Å². The highest BCUT2D eigenvalue weighted by Gasteiger charge is 2.20. The van der Waals surface area contributed by atoms with Gasteiger partial charge in [0.05, 0.1) is 5.69 Å². The van der Waals surface area contributed by atoms with E-state index in [0.29, 0.717) is 17.8 Å². The van der Waals surface area contributed by atoms with Gasteiger partial charge in [0.1, 0.15) is 5.82 Å². The van der Waals surface area contributed by atoms with Gasteiger partial charge in [-0.3, -0.25) is 4.79 Å². The van der Waals surface area contributed by atoms with Crippen LogP contribution in [0.1, 0.15) is 38.1 Å². The van der Waals surface area contributed by atoms with Crippen LogP contribution in [0.2, 0.25) is 0 Å². The lowest BCUT2D eigenvalue weighted by atomic mass is 9.95. The normalized spacial score (nSPS) is 11.4. The second-order valence-electron chi connectivity index (χ2n) is 5.61. The van der Waals surface area contributed by atoms with Crippen LogP contribution in [0.25, 0.3) is 0 Å². The molecule has 0 fully saturated rings. The number of para-hydroxylation sites is 1. The fourth-order valence-corrected chi connectivity index (χ4v) is 1.98. The molecule has 0 aliphatic heterocycles. The summed E-state index contributed by atoms with van der Waals surface area (Å²) < 4.78 is 13.8. The number of hydrogen-bond donors (Lipinski definition) is 0. The molecule has 0 unspecified atom stereocenters. The number of halogens is 1. The van der Waals surface area contributed by atoms with E-state index in [9.17, 15) is 9.18 Å². The van der Waals surface area contributed by atoms with Crippen molar-refractivity contribution in [1.29, 1.82) is 0 Å². The summed E-state index contributed by atoms with van der Waals surface area (Å²) in [5.41, 5.74) is 0.886. The van der Waals surface area contributed by atoms with E-state index < -0.39 is 0 Å². The third-order valence-corrected chi connectivity index (χ3v) is 2.46. The maximum absolute atomic E-state index is 13.8. The number of rotatable bonds is 3. The zero-order chi connectivity index (χ0) is 13.2. The molecule has 0 atom stereocenters. The predicted molar refractivity (Wildman–Crippen MR) is 69.1 cm³/mol. The second kappa shape index (κ2) is 4.86. The number of hydrogen-bond acceptors (Lipinski definition) is 2. The Kier molecular flexibility index (Phi) is 3.91. The summed E-state index contributed by atoms with van der Waals surface area (Å²) >= 11 is 0. The number of ketones is 1. The van der Waals surface area contributed by atoms with Gasteiger partial charge in [-0.2, -0.15) is 0 Å². The lowest BCUT2D eigenvalue weighted by molar-refractivity contribution is 0.101. The third-order valence-electron chi connectivity index (χ3n) is 2.46. The van der Waals surface area contributed by atoms with Gasteiger partial charge in [0.15, 0.2) is 5.78 Å². The van der Waals surface area contributed by atoms with Crippen molar-refractivity contribution in [3.8, 4) is 0 Å². The molecule has 3 heteroatoms.